The Kier molecular flexibility index (Phi) is 6.24. The summed E-state index contributed by atoms with van der Waals surface area (Å²) in [5, 5.41) is 3.46. The minimum absolute atomic E-state index is 0.208. The molecule has 0 unspecified atom stereocenters. The molecule has 0 saturated heterocycles. The Balaban J connectivity index is 1.53. The predicted molar refractivity (Wildman–Crippen MR) is 127 cm³/mol. The van der Waals surface area contributed by atoms with Crippen LogP contribution in [0.3, 0.4) is 0 Å². The van der Waals surface area contributed by atoms with E-state index in [1.54, 1.807) is 42.5 Å². The second kappa shape index (κ2) is 9.06. The van der Waals surface area contributed by atoms with Gasteiger partial charge in [-0.1, -0.05) is 18.5 Å². The zero-order valence-corrected chi connectivity index (χ0v) is 19.0. The number of carbonyl (C=O) groups excluding carboxylic acids is 1. The zero-order valence-electron chi connectivity index (χ0n) is 16.1. The van der Waals surface area contributed by atoms with Crippen LogP contribution in [0.1, 0.15) is 23.7 Å². The summed E-state index contributed by atoms with van der Waals surface area (Å²) in [6, 6.07) is 18.1. The van der Waals surface area contributed by atoms with Gasteiger partial charge in [-0.2, -0.15) is 0 Å². The van der Waals surface area contributed by atoms with Crippen molar-refractivity contribution in [2.24, 2.45) is 0 Å². The van der Waals surface area contributed by atoms with Crippen molar-refractivity contribution in [3.8, 4) is 17.2 Å². The van der Waals surface area contributed by atoms with E-state index in [0.717, 1.165) is 21.3 Å². The quantitative estimate of drug-likeness (QED) is 0.278. The number of nitrogens with one attached hydrogen (secondary N) is 1. The molecule has 0 saturated carbocycles. The number of hydrogen-bond donors (Lipinski definition) is 1. The van der Waals surface area contributed by atoms with E-state index in [1.807, 2.05) is 25.1 Å². The van der Waals surface area contributed by atoms with E-state index < -0.39 is 0 Å². The summed E-state index contributed by atoms with van der Waals surface area (Å²) in [7, 11) is 0. The molecule has 0 aliphatic carbocycles. The molecule has 0 aliphatic heterocycles. The number of oxazole rings is 1. The number of nitrogens with zero attached hydrogens (tertiary/aromatic N) is 1. The summed E-state index contributed by atoms with van der Waals surface area (Å²) >= 11 is 8.51. The molecule has 0 spiro atoms. The highest BCUT2D eigenvalue weighted by Crippen LogP contribution is 2.32. The van der Waals surface area contributed by atoms with Crippen LogP contribution in [0.5, 0.6) is 5.75 Å². The lowest BCUT2D eigenvalue weighted by Crippen LogP contribution is -2.11. The molecule has 5 nitrogen and oxygen atoms in total. The van der Waals surface area contributed by atoms with Crippen molar-refractivity contribution < 1.29 is 13.9 Å². The van der Waals surface area contributed by atoms with Crippen LogP contribution in [-0.2, 0) is 0 Å². The number of rotatable bonds is 6. The molecule has 0 radical (unpaired) electrons. The average Bonchev–Trinajstić information content (AvgIpc) is 3.17. The molecule has 4 rings (SSSR count). The molecule has 1 N–H and O–H groups in total. The van der Waals surface area contributed by atoms with Gasteiger partial charge in [-0.05, 0) is 89.7 Å². The number of benzene rings is 3. The highest BCUT2D eigenvalue weighted by Gasteiger charge is 2.14. The third-order valence-electron chi connectivity index (χ3n) is 4.39. The Morgan fingerprint density at radius 3 is 2.70 bits per heavy atom. The maximum atomic E-state index is 12.6. The molecular formula is C23H18ClIN2O3. The van der Waals surface area contributed by atoms with E-state index in [2.05, 4.69) is 32.9 Å². The highest BCUT2D eigenvalue weighted by atomic mass is 127. The monoisotopic (exact) mass is 532 g/mol. The van der Waals surface area contributed by atoms with Crippen molar-refractivity contribution in [1.29, 1.82) is 0 Å². The first kappa shape index (κ1) is 20.7. The Hall–Kier alpha value is -2.58. The lowest BCUT2D eigenvalue weighted by molar-refractivity contribution is 0.102. The molecule has 3 aromatic carbocycles. The van der Waals surface area contributed by atoms with Gasteiger partial charge in [-0.3, -0.25) is 4.79 Å². The van der Waals surface area contributed by atoms with Crippen LogP contribution in [0, 0.1) is 3.57 Å². The molecular weight excluding hydrogens is 515 g/mol. The fourth-order valence-corrected chi connectivity index (χ4v) is 3.60. The van der Waals surface area contributed by atoms with Gasteiger partial charge in [0.15, 0.2) is 5.58 Å². The van der Waals surface area contributed by atoms with Crippen LogP contribution in [0.2, 0.25) is 5.02 Å². The number of halogens is 2. The van der Waals surface area contributed by atoms with E-state index in [1.165, 1.54) is 0 Å². The molecule has 1 aromatic heterocycles. The number of anilines is 1. The molecule has 1 heterocycles. The first-order valence-corrected chi connectivity index (χ1v) is 10.9. The maximum Gasteiger partial charge on any atom is 0.255 e. The van der Waals surface area contributed by atoms with E-state index in [0.29, 0.717) is 39.9 Å². The Morgan fingerprint density at radius 2 is 1.93 bits per heavy atom. The minimum Gasteiger partial charge on any atom is -0.494 e. The Morgan fingerprint density at radius 1 is 1.13 bits per heavy atom. The van der Waals surface area contributed by atoms with Gasteiger partial charge in [0, 0.05) is 14.8 Å². The molecule has 0 fully saturated rings. The van der Waals surface area contributed by atoms with E-state index >= 15 is 0 Å². The van der Waals surface area contributed by atoms with Crippen LogP contribution in [-0.4, -0.2) is 17.5 Å². The number of ether oxygens (including phenoxy) is 1. The second-order valence-corrected chi connectivity index (χ2v) is 8.31. The number of carbonyl (C=O) groups is 1. The van der Waals surface area contributed by atoms with Gasteiger partial charge in [-0.25, -0.2) is 4.98 Å². The predicted octanol–water partition coefficient (Wildman–Crippen LogP) is 6.79. The third kappa shape index (κ3) is 4.60. The number of fused-ring (bicyclic) bond motifs is 1. The van der Waals surface area contributed by atoms with Gasteiger partial charge < -0.3 is 14.5 Å². The smallest absolute Gasteiger partial charge is 0.255 e. The van der Waals surface area contributed by atoms with Gasteiger partial charge in [-0.15, -0.1) is 0 Å². The summed E-state index contributed by atoms with van der Waals surface area (Å²) in [6.07, 6.45) is 0.935. The lowest BCUT2D eigenvalue weighted by Gasteiger charge is -2.07. The van der Waals surface area contributed by atoms with Crippen LogP contribution < -0.4 is 10.1 Å². The molecule has 0 atom stereocenters. The van der Waals surface area contributed by atoms with Crippen LogP contribution >= 0.6 is 34.2 Å². The summed E-state index contributed by atoms with van der Waals surface area (Å²) in [4.78, 5) is 17.1. The van der Waals surface area contributed by atoms with Gasteiger partial charge in [0.1, 0.15) is 11.3 Å². The number of aromatic nitrogens is 1. The van der Waals surface area contributed by atoms with Crippen molar-refractivity contribution in [1.82, 2.24) is 4.98 Å². The summed E-state index contributed by atoms with van der Waals surface area (Å²) in [6.45, 7) is 2.70. The van der Waals surface area contributed by atoms with Crippen molar-refractivity contribution >= 4 is 56.9 Å². The van der Waals surface area contributed by atoms with Crippen LogP contribution in [0.4, 0.5) is 5.69 Å². The van der Waals surface area contributed by atoms with Crippen molar-refractivity contribution in [3.63, 3.8) is 0 Å². The molecule has 30 heavy (non-hydrogen) atoms. The van der Waals surface area contributed by atoms with Gasteiger partial charge in [0.2, 0.25) is 5.89 Å². The van der Waals surface area contributed by atoms with Crippen LogP contribution in [0.25, 0.3) is 22.6 Å². The summed E-state index contributed by atoms with van der Waals surface area (Å²) < 4.78 is 12.4. The molecule has 0 bridgehead atoms. The van der Waals surface area contributed by atoms with E-state index in [9.17, 15) is 4.79 Å². The second-order valence-electron chi connectivity index (χ2n) is 6.65. The molecule has 4 aromatic rings. The largest absolute Gasteiger partial charge is 0.494 e. The maximum absolute atomic E-state index is 12.6. The van der Waals surface area contributed by atoms with Gasteiger partial charge >= 0.3 is 0 Å². The summed E-state index contributed by atoms with van der Waals surface area (Å²) in [5.41, 5.74) is 3.17. The molecule has 0 aliphatic rings. The third-order valence-corrected chi connectivity index (χ3v) is 5.39. The van der Waals surface area contributed by atoms with Gasteiger partial charge in [0.05, 0.1) is 17.2 Å². The van der Waals surface area contributed by atoms with Crippen molar-refractivity contribution in [2.75, 3.05) is 11.9 Å². The average molecular weight is 533 g/mol. The normalized spacial score (nSPS) is 10.9. The topological polar surface area (TPSA) is 64.4 Å². The van der Waals surface area contributed by atoms with E-state index in [-0.39, 0.29) is 5.91 Å². The van der Waals surface area contributed by atoms with Crippen molar-refractivity contribution in [3.05, 3.63) is 74.8 Å². The van der Waals surface area contributed by atoms with E-state index in [4.69, 9.17) is 20.8 Å². The van der Waals surface area contributed by atoms with Crippen molar-refractivity contribution in [2.45, 2.75) is 13.3 Å². The summed E-state index contributed by atoms with van der Waals surface area (Å²) in [5.74, 6) is 0.986. The molecule has 7 heteroatoms. The number of amides is 1. The van der Waals surface area contributed by atoms with Crippen LogP contribution in [0.15, 0.2) is 65.1 Å². The zero-order chi connectivity index (χ0) is 21.1. The fraction of sp³-hybridized carbons (Fsp3) is 0.130. The molecule has 1 amide bonds. The first-order chi connectivity index (χ1) is 14.5. The Bertz CT molecular complexity index is 1210. The Labute approximate surface area is 192 Å². The van der Waals surface area contributed by atoms with Gasteiger partial charge in [0.25, 0.3) is 5.91 Å². The first-order valence-electron chi connectivity index (χ1n) is 9.43. The highest BCUT2D eigenvalue weighted by molar-refractivity contribution is 14.1. The fourth-order valence-electron chi connectivity index (χ4n) is 2.91. The lowest BCUT2D eigenvalue weighted by atomic mass is 10.2. The number of hydrogen-bond acceptors (Lipinski definition) is 4. The SMILES string of the molecule is CCCOc1ccc(C(=O)Nc2ccc3oc(-c4cc(I)ccc4Cl)nc3c2)cc1. The standard InChI is InChI=1S/C23H18ClIN2O3/c1-2-11-29-17-7-3-14(4-8-17)22(28)26-16-6-10-21-20(13-16)27-23(30-21)18-12-15(25)5-9-19(18)24/h3-10,12-13H,2,11H2,1H3,(H,26,28). The minimum atomic E-state index is -0.208. The molecule has 152 valence electrons.